The van der Waals surface area contributed by atoms with Crippen LogP contribution in [0.2, 0.25) is 0 Å². The second-order valence-electron chi connectivity index (χ2n) is 4.48. The fraction of sp³-hybridized carbons (Fsp3) is 0.154. The Morgan fingerprint density at radius 2 is 1.90 bits per heavy atom. The van der Waals surface area contributed by atoms with E-state index in [-0.39, 0.29) is 23.0 Å². The van der Waals surface area contributed by atoms with Crippen molar-refractivity contribution in [2.45, 2.75) is 13.0 Å². The highest BCUT2D eigenvalue weighted by molar-refractivity contribution is 5.74. The van der Waals surface area contributed by atoms with Crippen molar-refractivity contribution in [1.82, 2.24) is 19.5 Å². The zero-order valence-corrected chi connectivity index (χ0v) is 10.7. The third kappa shape index (κ3) is 2.09. The summed E-state index contributed by atoms with van der Waals surface area (Å²) in [6, 6.07) is 9.98. The van der Waals surface area contributed by atoms with Crippen LogP contribution in [0.1, 0.15) is 5.56 Å². The van der Waals surface area contributed by atoms with Crippen LogP contribution < -0.4 is 17.0 Å². The maximum absolute atomic E-state index is 11.7. The highest BCUT2D eigenvalue weighted by Crippen LogP contribution is 2.14. The maximum Gasteiger partial charge on any atom is 0.280 e. The lowest BCUT2D eigenvalue weighted by Crippen LogP contribution is -2.12. The number of nitrogens with two attached hydrogens (primary N) is 2. The third-order valence-electron chi connectivity index (χ3n) is 3.12. The second kappa shape index (κ2) is 4.69. The molecule has 0 amide bonds. The van der Waals surface area contributed by atoms with Gasteiger partial charge in [-0.3, -0.25) is 14.3 Å². The molecule has 102 valence electrons. The molecule has 20 heavy (non-hydrogen) atoms. The molecule has 0 fully saturated rings. The van der Waals surface area contributed by atoms with E-state index in [1.807, 2.05) is 30.3 Å². The van der Waals surface area contributed by atoms with Gasteiger partial charge in [-0.1, -0.05) is 30.3 Å². The molecule has 0 saturated carbocycles. The molecule has 0 aliphatic rings. The van der Waals surface area contributed by atoms with Gasteiger partial charge in [-0.25, -0.2) is 4.98 Å². The molecule has 0 aliphatic carbocycles. The van der Waals surface area contributed by atoms with Gasteiger partial charge in [0.1, 0.15) is 0 Å². The van der Waals surface area contributed by atoms with E-state index in [0.717, 1.165) is 6.42 Å². The molecule has 0 aliphatic heterocycles. The third-order valence-corrected chi connectivity index (χ3v) is 3.12. The molecule has 2 heterocycles. The number of benzene rings is 1. The molecule has 0 radical (unpaired) electrons. The molecule has 3 rings (SSSR count). The van der Waals surface area contributed by atoms with Crippen molar-refractivity contribution in [2.24, 2.45) is 0 Å². The first-order valence-electron chi connectivity index (χ1n) is 6.20. The summed E-state index contributed by atoms with van der Waals surface area (Å²) in [5.41, 5.74) is 12.8. The van der Waals surface area contributed by atoms with Gasteiger partial charge in [-0.2, -0.15) is 4.98 Å². The Bertz CT molecular complexity index is 805. The van der Waals surface area contributed by atoms with Crippen LogP contribution in [0.3, 0.4) is 0 Å². The molecule has 0 atom stereocenters. The smallest absolute Gasteiger partial charge is 0.280 e. The fourth-order valence-electron chi connectivity index (χ4n) is 2.15. The van der Waals surface area contributed by atoms with Crippen LogP contribution >= 0.6 is 0 Å². The van der Waals surface area contributed by atoms with Gasteiger partial charge >= 0.3 is 0 Å². The van der Waals surface area contributed by atoms with E-state index in [2.05, 4.69) is 15.0 Å². The molecule has 3 aromatic rings. The molecular formula is C13H14N6O. The molecule has 0 spiro atoms. The van der Waals surface area contributed by atoms with Crippen molar-refractivity contribution in [1.29, 1.82) is 0 Å². The first-order valence-corrected chi connectivity index (χ1v) is 6.20. The summed E-state index contributed by atoms with van der Waals surface area (Å²) in [6.45, 7) is 0.586. The summed E-state index contributed by atoms with van der Waals surface area (Å²) in [6.07, 6.45) is 0.769. The SMILES string of the molecule is Nc1nc2c(nc(N)n2CCc2ccccc2)c(=O)[nH]1. The second-order valence-corrected chi connectivity index (χ2v) is 4.48. The normalized spacial score (nSPS) is 11.0. The fourth-order valence-corrected chi connectivity index (χ4v) is 2.15. The lowest BCUT2D eigenvalue weighted by Gasteiger charge is -2.06. The number of aromatic nitrogens is 4. The number of H-pyrrole nitrogens is 1. The van der Waals surface area contributed by atoms with Gasteiger partial charge in [0, 0.05) is 6.54 Å². The zero-order valence-electron chi connectivity index (χ0n) is 10.7. The van der Waals surface area contributed by atoms with Crippen LogP contribution in [0.5, 0.6) is 0 Å². The highest BCUT2D eigenvalue weighted by Gasteiger charge is 2.13. The average molecular weight is 270 g/mol. The summed E-state index contributed by atoms with van der Waals surface area (Å²) in [7, 11) is 0. The van der Waals surface area contributed by atoms with Crippen molar-refractivity contribution in [3.63, 3.8) is 0 Å². The van der Waals surface area contributed by atoms with E-state index in [9.17, 15) is 4.79 Å². The van der Waals surface area contributed by atoms with Crippen molar-refractivity contribution >= 4 is 23.1 Å². The molecule has 1 aromatic carbocycles. The van der Waals surface area contributed by atoms with E-state index < -0.39 is 0 Å². The quantitative estimate of drug-likeness (QED) is 0.642. The molecule has 5 N–H and O–H groups in total. The molecule has 2 aromatic heterocycles. The van der Waals surface area contributed by atoms with Gasteiger partial charge in [0.2, 0.25) is 11.9 Å². The number of rotatable bonds is 3. The van der Waals surface area contributed by atoms with Gasteiger partial charge < -0.3 is 11.5 Å². The largest absolute Gasteiger partial charge is 0.369 e. The Kier molecular flexibility index (Phi) is 2.86. The van der Waals surface area contributed by atoms with E-state index >= 15 is 0 Å². The topological polar surface area (TPSA) is 116 Å². The number of aromatic amines is 1. The summed E-state index contributed by atoms with van der Waals surface area (Å²) < 4.78 is 1.70. The first kappa shape index (κ1) is 12.2. The van der Waals surface area contributed by atoms with Gasteiger partial charge in [0.05, 0.1) is 0 Å². The van der Waals surface area contributed by atoms with Crippen molar-refractivity contribution < 1.29 is 0 Å². The maximum atomic E-state index is 11.7. The number of nitrogens with zero attached hydrogens (tertiary/aromatic N) is 3. The predicted octanol–water partition coefficient (Wildman–Crippen LogP) is 0.527. The summed E-state index contributed by atoms with van der Waals surface area (Å²) >= 11 is 0. The van der Waals surface area contributed by atoms with E-state index in [1.165, 1.54) is 5.56 Å². The number of imidazole rings is 1. The minimum atomic E-state index is -0.377. The number of nitrogen functional groups attached to an aromatic ring is 2. The number of anilines is 2. The van der Waals surface area contributed by atoms with E-state index in [4.69, 9.17) is 11.5 Å². The average Bonchev–Trinajstić information content (AvgIpc) is 2.74. The standard InChI is InChI=1S/C13H14N6O/c14-12-17-10-9(11(20)18-12)16-13(15)19(10)7-6-8-4-2-1-3-5-8/h1-5H,6-7H2,(H2,15,16)(H3,14,17,18,20). The van der Waals surface area contributed by atoms with E-state index in [0.29, 0.717) is 12.2 Å². The lowest BCUT2D eigenvalue weighted by molar-refractivity contribution is 0.719. The van der Waals surface area contributed by atoms with Gasteiger partial charge in [-0.15, -0.1) is 0 Å². The van der Waals surface area contributed by atoms with Crippen molar-refractivity contribution in [2.75, 3.05) is 11.5 Å². The molecule has 7 heteroatoms. The van der Waals surface area contributed by atoms with Crippen LogP contribution in [-0.2, 0) is 13.0 Å². The number of aryl methyl sites for hydroxylation is 2. The van der Waals surface area contributed by atoms with E-state index in [1.54, 1.807) is 4.57 Å². The lowest BCUT2D eigenvalue weighted by atomic mass is 10.1. The van der Waals surface area contributed by atoms with Crippen molar-refractivity contribution in [3.05, 3.63) is 46.2 Å². The number of hydrogen-bond donors (Lipinski definition) is 3. The minimum Gasteiger partial charge on any atom is -0.369 e. The number of nitrogens with one attached hydrogen (secondary N) is 1. The van der Waals surface area contributed by atoms with Gasteiger partial charge in [-0.05, 0) is 12.0 Å². The minimum absolute atomic E-state index is 0.0587. The van der Waals surface area contributed by atoms with Crippen molar-refractivity contribution in [3.8, 4) is 0 Å². The van der Waals surface area contributed by atoms with Crippen LogP contribution in [0.25, 0.3) is 11.2 Å². The summed E-state index contributed by atoms with van der Waals surface area (Å²) in [5.74, 6) is 0.322. The molecule has 7 nitrogen and oxygen atoms in total. The van der Waals surface area contributed by atoms with Crippen LogP contribution in [0.4, 0.5) is 11.9 Å². The number of fused-ring (bicyclic) bond motifs is 1. The zero-order chi connectivity index (χ0) is 14.1. The predicted molar refractivity (Wildman–Crippen MR) is 77.1 cm³/mol. The Balaban J connectivity index is 1.99. The van der Waals surface area contributed by atoms with Gasteiger partial charge in [0.15, 0.2) is 11.2 Å². The monoisotopic (exact) mass is 270 g/mol. The van der Waals surface area contributed by atoms with Gasteiger partial charge in [0.25, 0.3) is 5.56 Å². The van der Waals surface area contributed by atoms with Crippen LogP contribution in [0.15, 0.2) is 35.1 Å². The van der Waals surface area contributed by atoms with Crippen LogP contribution in [0, 0.1) is 0 Å². The Morgan fingerprint density at radius 3 is 2.65 bits per heavy atom. The molecular weight excluding hydrogens is 256 g/mol. The first-order chi connectivity index (χ1) is 9.65. The van der Waals surface area contributed by atoms with Crippen LogP contribution in [-0.4, -0.2) is 19.5 Å². The molecule has 0 unspecified atom stereocenters. The Labute approximate surface area is 114 Å². The Morgan fingerprint density at radius 1 is 1.15 bits per heavy atom. The molecule has 0 saturated heterocycles. The Hall–Kier alpha value is -2.83. The highest BCUT2D eigenvalue weighted by atomic mass is 16.1. The number of hydrogen-bond acceptors (Lipinski definition) is 5. The molecule has 0 bridgehead atoms. The summed E-state index contributed by atoms with van der Waals surface area (Å²) in [5, 5.41) is 0. The summed E-state index contributed by atoms with van der Waals surface area (Å²) in [4.78, 5) is 22.3.